The largest absolute Gasteiger partial charge is 0.465 e. The lowest BCUT2D eigenvalue weighted by Gasteiger charge is -2.21. The minimum absolute atomic E-state index is 0.376. The molecule has 1 aliphatic carbocycles. The second kappa shape index (κ2) is 6.61. The molecule has 20 heavy (non-hydrogen) atoms. The number of carbonyl (C=O) groups excluding carboxylic acids is 1. The average Bonchev–Trinajstić information content (AvgIpc) is 3.26. The predicted molar refractivity (Wildman–Crippen MR) is 79.0 cm³/mol. The summed E-state index contributed by atoms with van der Waals surface area (Å²) in [6.45, 7) is 2.32. The van der Waals surface area contributed by atoms with Crippen molar-refractivity contribution in [3.63, 3.8) is 0 Å². The minimum atomic E-state index is -0.376. The Morgan fingerprint density at radius 3 is 2.80 bits per heavy atom. The van der Waals surface area contributed by atoms with Crippen LogP contribution in [0.5, 0.6) is 0 Å². The van der Waals surface area contributed by atoms with E-state index in [2.05, 4.69) is 4.74 Å². The van der Waals surface area contributed by atoms with E-state index in [0.29, 0.717) is 17.9 Å². The average molecular weight is 278 g/mol. The summed E-state index contributed by atoms with van der Waals surface area (Å²) in [4.78, 5) is 13.4. The van der Waals surface area contributed by atoms with Crippen LogP contribution in [0, 0.1) is 5.92 Å². The minimum Gasteiger partial charge on any atom is -0.465 e. The molecule has 5 heteroatoms. The van der Waals surface area contributed by atoms with Crippen molar-refractivity contribution in [3.05, 3.63) is 23.8 Å². The quantitative estimate of drug-likeness (QED) is 0.469. The van der Waals surface area contributed by atoms with Crippen molar-refractivity contribution < 1.29 is 14.3 Å². The van der Waals surface area contributed by atoms with E-state index < -0.39 is 0 Å². The number of methoxy groups -OCH3 is 1. The number of carbonyl (C=O) groups is 1. The van der Waals surface area contributed by atoms with E-state index >= 15 is 0 Å². The normalized spacial score (nSPS) is 14.1. The lowest BCUT2D eigenvalue weighted by atomic mass is 10.1. The Labute approximate surface area is 119 Å². The molecule has 1 aromatic carbocycles. The standard InChI is InChI=1S/C15H22N2O3/c1-17(7-8-20-10-11-3-4-11)14-6-5-12(9-13(14)16)15(18)19-2/h5-6,9,11H,3-4,7-8,10,16H2,1-2H3. The van der Waals surface area contributed by atoms with E-state index in [1.165, 1.54) is 20.0 Å². The summed E-state index contributed by atoms with van der Waals surface area (Å²) >= 11 is 0. The zero-order valence-corrected chi connectivity index (χ0v) is 12.1. The molecule has 0 radical (unpaired) electrons. The van der Waals surface area contributed by atoms with Gasteiger partial charge in [0.15, 0.2) is 0 Å². The van der Waals surface area contributed by atoms with Crippen LogP contribution in [0.1, 0.15) is 23.2 Å². The van der Waals surface area contributed by atoms with Crippen molar-refractivity contribution in [2.75, 3.05) is 44.5 Å². The van der Waals surface area contributed by atoms with Crippen LogP contribution >= 0.6 is 0 Å². The Kier molecular flexibility index (Phi) is 4.84. The molecule has 0 heterocycles. The van der Waals surface area contributed by atoms with E-state index in [4.69, 9.17) is 10.5 Å². The molecule has 2 rings (SSSR count). The number of ether oxygens (including phenoxy) is 2. The number of likely N-dealkylation sites (N-methyl/N-ethyl adjacent to an activating group) is 1. The Hall–Kier alpha value is -1.75. The number of anilines is 2. The fraction of sp³-hybridized carbons (Fsp3) is 0.533. The predicted octanol–water partition coefficient (Wildman–Crippen LogP) is 1.92. The molecule has 1 aromatic rings. The van der Waals surface area contributed by atoms with Crippen LogP contribution in [0.25, 0.3) is 0 Å². The van der Waals surface area contributed by atoms with Crippen molar-refractivity contribution in [3.8, 4) is 0 Å². The highest BCUT2D eigenvalue weighted by Crippen LogP contribution is 2.29. The van der Waals surface area contributed by atoms with Gasteiger partial charge in [0.1, 0.15) is 0 Å². The van der Waals surface area contributed by atoms with Crippen molar-refractivity contribution in [1.29, 1.82) is 0 Å². The molecule has 1 saturated carbocycles. The SMILES string of the molecule is COC(=O)c1ccc(N(C)CCOCC2CC2)c(N)c1. The Morgan fingerprint density at radius 1 is 1.45 bits per heavy atom. The summed E-state index contributed by atoms with van der Waals surface area (Å²) in [5.74, 6) is 0.406. The molecule has 0 unspecified atom stereocenters. The first-order valence-electron chi connectivity index (χ1n) is 6.88. The van der Waals surface area contributed by atoms with Crippen molar-refractivity contribution in [2.24, 2.45) is 5.92 Å². The molecule has 110 valence electrons. The molecule has 2 N–H and O–H groups in total. The fourth-order valence-corrected chi connectivity index (χ4v) is 2.00. The van der Waals surface area contributed by atoms with Gasteiger partial charge in [0.2, 0.25) is 0 Å². The molecule has 5 nitrogen and oxygen atoms in total. The molecule has 0 aromatic heterocycles. The van der Waals surface area contributed by atoms with Gasteiger partial charge in [-0.3, -0.25) is 0 Å². The van der Waals surface area contributed by atoms with Gasteiger partial charge in [-0.05, 0) is 37.0 Å². The molecule has 1 aliphatic rings. The molecular weight excluding hydrogens is 256 g/mol. The molecule has 1 fully saturated rings. The van der Waals surface area contributed by atoms with Gasteiger partial charge in [0.05, 0.1) is 30.7 Å². The summed E-state index contributed by atoms with van der Waals surface area (Å²) in [5.41, 5.74) is 7.92. The van der Waals surface area contributed by atoms with Gasteiger partial charge in [-0.15, -0.1) is 0 Å². The number of benzene rings is 1. The summed E-state index contributed by atoms with van der Waals surface area (Å²) in [6.07, 6.45) is 2.61. The highest BCUT2D eigenvalue weighted by Gasteiger charge is 2.21. The first kappa shape index (κ1) is 14.7. The molecule has 0 saturated heterocycles. The second-order valence-corrected chi connectivity index (χ2v) is 5.21. The summed E-state index contributed by atoms with van der Waals surface area (Å²) in [6, 6.07) is 5.20. The monoisotopic (exact) mass is 278 g/mol. The smallest absolute Gasteiger partial charge is 0.337 e. The zero-order valence-electron chi connectivity index (χ0n) is 12.1. The van der Waals surface area contributed by atoms with Crippen LogP contribution in [0.3, 0.4) is 0 Å². The molecule has 0 aliphatic heterocycles. The van der Waals surface area contributed by atoms with Crippen LogP contribution in [0.2, 0.25) is 0 Å². The number of nitrogens with zero attached hydrogens (tertiary/aromatic N) is 1. The van der Waals surface area contributed by atoms with Crippen LogP contribution < -0.4 is 10.6 Å². The van der Waals surface area contributed by atoms with Gasteiger partial charge in [-0.1, -0.05) is 0 Å². The van der Waals surface area contributed by atoms with Gasteiger partial charge < -0.3 is 20.1 Å². The lowest BCUT2D eigenvalue weighted by Crippen LogP contribution is -2.24. The van der Waals surface area contributed by atoms with Gasteiger partial charge in [-0.2, -0.15) is 0 Å². The van der Waals surface area contributed by atoms with Crippen molar-refractivity contribution >= 4 is 17.3 Å². The third-order valence-electron chi connectivity index (χ3n) is 3.48. The summed E-state index contributed by atoms with van der Waals surface area (Å²) in [5, 5.41) is 0. The zero-order chi connectivity index (χ0) is 14.5. The Balaban J connectivity index is 1.87. The van der Waals surface area contributed by atoms with E-state index in [-0.39, 0.29) is 5.97 Å². The Bertz CT molecular complexity index is 472. The number of rotatable bonds is 7. The van der Waals surface area contributed by atoms with Gasteiger partial charge in [-0.25, -0.2) is 4.79 Å². The van der Waals surface area contributed by atoms with Crippen molar-refractivity contribution in [1.82, 2.24) is 0 Å². The second-order valence-electron chi connectivity index (χ2n) is 5.21. The first-order chi connectivity index (χ1) is 9.61. The van der Waals surface area contributed by atoms with E-state index in [0.717, 1.165) is 24.8 Å². The van der Waals surface area contributed by atoms with Gasteiger partial charge >= 0.3 is 5.97 Å². The third-order valence-corrected chi connectivity index (χ3v) is 3.48. The maximum Gasteiger partial charge on any atom is 0.337 e. The van der Waals surface area contributed by atoms with Gasteiger partial charge in [0.25, 0.3) is 0 Å². The summed E-state index contributed by atoms with van der Waals surface area (Å²) < 4.78 is 10.3. The number of hydrogen-bond acceptors (Lipinski definition) is 5. The fourth-order valence-electron chi connectivity index (χ4n) is 2.00. The molecule has 0 spiro atoms. The molecule has 0 bridgehead atoms. The number of hydrogen-bond donors (Lipinski definition) is 1. The number of nitrogens with two attached hydrogens (primary N) is 1. The number of nitrogen functional groups attached to an aromatic ring is 1. The van der Waals surface area contributed by atoms with Crippen LogP contribution in [0.15, 0.2) is 18.2 Å². The molecule has 0 atom stereocenters. The Morgan fingerprint density at radius 2 is 2.20 bits per heavy atom. The molecule has 0 amide bonds. The maximum atomic E-state index is 11.4. The molecular formula is C15H22N2O3. The van der Waals surface area contributed by atoms with Crippen LogP contribution in [0.4, 0.5) is 11.4 Å². The van der Waals surface area contributed by atoms with Crippen molar-refractivity contribution in [2.45, 2.75) is 12.8 Å². The topological polar surface area (TPSA) is 64.8 Å². The van der Waals surface area contributed by atoms with E-state index in [1.807, 2.05) is 18.0 Å². The lowest BCUT2D eigenvalue weighted by molar-refractivity contribution is 0.0601. The van der Waals surface area contributed by atoms with Crippen LogP contribution in [-0.4, -0.2) is 39.9 Å². The highest BCUT2D eigenvalue weighted by molar-refractivity contribution is 5.91. The van der Waals surface area contributed by atoms with E-state index in [1.54, 1.807) is 12.1 Å². The van der Waals surface area contributed by atoms with Crippen LogP contribution in [-0.2, 0) is 9.47 Å². The van der Waals surface area contributed by atoms with Gasteiger partial charge in [0, 0.05) is 20.2 Å². The van der Waals surface area contributed by atoms with E-state index in [9.17, 15) is 4.79 Å². The number of esters is 1. The summed E-state index contributed by atoms with van der Waals surface area (Å²) in [7, 11) is 3.32. The third kappa shape index (κ3) is 3.87. The maximum absolute atomic E-state index is 11.4. The first-order valence-corrected chi connectivity index (χ1v) is 6.88. The highest BCUT2D eigenvalue weighted by atomic mass is 16.5.